The van der Waals surface area contributed by atoms with Crippen LogP contribution in [0.2, 0.25) is 0 Å². The molecule has 0 aromatic heterocycles. The summed E-state index contributed by atoms with van der Waals surface area (Å²) in [5, 5.41) is 5.56. The number of nitrogens with zero attached hydrogens (tertiary/aromatic N) is 2. The number of fused-ring (bicyclic) bond motifs is 2. The third-order valence-electron chi connectivity index (χ3n) is 7.69. The monoisotopic (exact) mass is 467 g/mol. The first-order valence-electron chi connectivity index (χ1n) is 12.6. The number of imide groups is 1. The van der Waals surface area contributed by atoms with Gasteiger partial charge in [-0.15, -0.1) is 0 Å². The van der Waals surface area contributed by atoms with Gasteiger partial charge in [-0.3, -0.25) is 19.3 Å². The van der Waals surface area contributed by atoms with Crippen molar-refractivity contribution in [1.82, 2.24) is 10.2 Å². The van der Waals surface area contributed by atoms with E-state index in [-0.39, 0.29) is 35.7 Å². The number of carbonyl (C=O) groups excluding carboxylic acids is 3. The maximum Gasteiger partial charge on any atom is 0.263 e. The number of rotatable bonds is 5. The lowest BCUT2D eigenvalue weighted by Crippen LogP contribution is -2.41. The average Bonchev–Trinajstić information content (AvgIpc) is 3.69. The van der Waals surface area contributed by atoms with Crippen molar-refractivity contribution in [2.24, 2.45) is 5.92 Å². The van der Waals surface area contributed by atoms with E-state index < -0.39 is 0 Å². The van der Waals surface area contributed by atoms with Gasteiger partial charge in [-0.1, -0.05) is 48.5 Å². The molecule has 35 heavy (non-hydrogen) atoms. The standard InChI is InChI=1S/C29H29N3O3/c1-18(22-9-4-7-19-6-2-3-8-23(19)22)30-27(33)20-14-16-31(17-15-20)25-11-5-10-24-26(25)29(35)32(28(24)34)21-12-13-21/h2-11,18,20-21H,12-17H2,1H3,(H,30,33)/t18-/m0/s1. The summed E-state index contributed by atoms with van der Waals surface area (Å²) in [6.45, 7) is 3.40. The van der Waals surface area contributed by atoms with Crippen LogP contribution in [0.15, 0.2) is 60.7 Å². The highest BCUT2D eigenvalue weighted by Gasteiger charge is 2.46. The Balaban J connectivity index is 1.13. The van der Waals surface area contributed by atoms with E-state index in [1.165, 1.54) is 10.3 Å². The number of benzene rings is 3. The van der Waals surface area contributed by atoms with Crippen LogP contribution in [0.3, 0.4) is 0 Å². The number of piperidine rings is 1. The van der Waals surface area contributed by atoms with Crippen LogP contribution in [0, 0.1) is 5.92 Å². The second kappa shape index (κ2) is 8.52. The number of hydrogen-bond acceptors (Lipinski definition) is 4. The predicted octanol–water partition coefficient (Wildman–Crippen LogP) is 4.69. The topological polar surface area (TPSA) is 69.7 Å². The van der Waals surface area contributed by atoms with Crippen LogP contribution in [-0.4, -0.2) is 41.8 Å². The van der Waals surface area contributed by atoms with Crippen LogP contribution < -0.4 is 10.2 Å². The van der Waals surface area contributed by atoms with E-state index in [1.807, 2.05) is 37.3 Å². The van der Waals surface area contributed by atoms with Crippen molar-refractivity contribution in [1.29, 1.82) is 0 Å². The molecule has 2 aliphatic heterocycles. The van der Waals surface area contributed by atoms with Gasteiger partial charge in [-0.25, -0.2) is 0 Å². The third-order valence-corrected chi connectivity index (χ3v) is 7.69. The van der Waals surface area contributed by atoms with Crippen LogP contribution in [0.5, 0.6) is 0 Å². The molecule has 1 saturated heterocycles. The number of anilines is 1. The summed E-state index contributed by atoms with van der Waals surface area (Å²) in [6, 6.07) is 20.0. The molecule has 1 N–H and O–H groups in total. The van der Waals surface area contributed by atoms with Gasteiger partial charge in [0.1, 0.15) is 0 Å². The Bertz CT molecular complexity index is 1330. The molecule has 0 unspecified atom stereocenters. The van der Waals surface area contributed by atoms with Gasteiger partial charge in [0.2, 0.25) is 5.91 Å². The second-order valence-electron chi connectivity index (χ2n) is 9.97. The molecule has 3 amide bonds. The number of amides is 3. The fraction of sp³-hybridized carbons (Fsp3) is 0.345. The van der Waals surface area contributed by atoms with Crippen LogP contribution in [0.25, 0.3) is 10.8 Å². The quantitative estimate of drug-likeness (QED) is 0.553. The zero-order valence-corrected chi connectivity index (χ0v) is 19.9. The molecule has 1 aliphatic carbocycles. The zero-order chi connectivity index (χ0) is 24.1. The summed E-state index contributed by atoms with van der Waals surface area (Å²) in [5.41, 5.74) is 3.00. The first kappa shape index (κ1) is 21.8. The van der Waals surface area contributed by atoms with Crippen molar-refractivity contribution >= 4 is 34.2 Å². The van der Waals surface area contributed by atoms with Gasteiger partial charge in [0, 0.05) is 25.0 Å². The molecule has 3 aromatic carbocycles. The Morgan fingerprint density at radius 1 is 0.886 bits per heavy atom. The molecule has 0 spiro atoms. The highest BCUT2D eigenvalue weighted by Crippen LogP contribution is 2.39. The van der Waals surface area contributed by atoms with Gasteiger partial charge >= 0.3 is 0 Å². The molecular formula is C29H29N3O3. The first-order valence-corrected chi connectivity index (χ1v) is 12.6. The normalized spacial score (nSPS) is 19.2. The van der Waals surface area contributed by atoms with Gasteiger partial charge < -0.3 is 10.2 Å². The molecule has 3 aliphatic rings. The molecule has 2 heterocycles. The van der Waals surface area contributed by atoms with E-state index in [4.69, 9.17) is 0 Å². The molecular weight excluding hydrogens is 438 g/mol. The summed E-state index contributed by atoms with van der Waals surface area (Å²) >= 11 is 0. The Labute approximate surface area is 204 Å². The average molecular weight is 468 g/mol. The van der Waals surface area contributed by atoms with Gasteiger partial charge in [0.05, 0.1) is 22.9 Å². The lowest BCUT2D eigenvalue weighted by atomic mass is 9.93. The predicted molar refractivity (Wildman–Crippen MR) is 135 cm³/mol. The van der Waals surface area contributed by atoms with E-state index in [0.29, 0.717) is 37.1 Å². The molecule has 0 bridgehead atoms. The maximum atomic E-state index is 13.1. The van der Waals surface area contributed by atoms with Crippen molar-refractivity contribution in [2.75, 3.05) is 18.0 Å². The second-order valence-corrected chi connectivity index (χ2v) is 9.97. The summed E-state index contributed by atoms with van der Waals surface area (Å²) in [5.74, 6) is -0.312. The molecule has 178 valence electrons. The van der Waals surface area contributed by atoms with Crippen molar-refractivity contribution < 1.29 is 14.4 Å². The van der Waals surface area contributed by atoms with Gasteiger partial charge in [-0.05, 0) is 61.1 Å². The summed E-state index contributed by atoms with van der Waals surface area (Å²) < 4.78 is 0. The van der Waals surface area contributed by atoms with Crippen LogP contribution in [0.4, 0.5) is 5.69 Å². The minimum atomic E-state index is -0.161. The van der Waals surface area contributed by atoms with Crippen molar-refractivity contribution in [3.63, 3.8) is 0 Å². The van der Waals surface area contributed by atoms with Crippen LogP contribution in [-0.2, 0) is 4.79 Å². The number of carbonyl (C=O) groups is 3. The number of nitrogens with one attached hydrogen (secondary N) is 1. The highest BCUT2D eigenvalue weighted by atomic mass is 16.2. The number of hydrogen-bond donors (Lipinski definition) is 1. The van der Waals surface area contributed by atoms with Crippen molar-refractivity contribution in [2.45, 2.75) is 44.7 Å². The van der Waals surface area contributed by atoms with Gasteiger partial charge in [0.25, 0.3) is 11.8 Å². The largest absolute Gasteiger partial charge is 0.371 e. The smallest absolute Gasteiger partial charge is 0.263 e. The van der Waals surface area contributed by atoms with Gasteiger partial charge in [-0.2, -0.15) is 0 Å². The first-order chi connectivity index (χ1) is 17.0. The summed E-state index contributed by atoms with van der Waals surface area (Å²) in [6.07, 6.45) is 3.23. The van der Waals surface area contributed by atoms with E-state index in [2.05, 4.69) is 34.5 Å². The lowest BCUT2D eigenvalue weighted by molar-refractivity contribution is -0.126. The Hall–Kier alpha value is -3.67. The van der Waals surface area contributed by atoms with Crippen molar-refractivity contribution in [3.05, 3.63) is 77.4 Å². The Morgan fingerprint density at radius 2 is 1.60 bits per heavy atom. The fourth-order valence-corrected chi connectivity index (χ4v) is 5.63. The molecule has 2 fully saturated rings. The Kier molecular flexibility index (Phi) is 5.32. The molecule has 0 radical (unpaired) electrons. The fourth-order valence-electron chi connectivity index (χ4n) is 5.63. The molecule has 6 rings (SSSR count). The van der Waals surface area contributed by atoms with E-state index in [9.17, 15) is 14.4 Å². The van der Waals surface area contributed by atoms with E-state index >= 15 is 0 Å². The lowest BCUT2D eigenvalue weighted by Gasteiger charge is -2.34. The summed E-state index contributed by atoms with van der Waals surface area (Å²) in [7, 11) is 0. The maximum absolute atomic E-state index is 13.1. The van der Waals surface area contributed by atoms with E-state index in [1.54, 1.807) is 6.07 Å². The molecule has 1 atom stereocenters. The molecule has 6 heteroatoms. The molecule has 1 saturated carbocycles. The SMILES string of the molecule is C[C@H](NC(=O)C1CCN(c2cccc3c2C(=O)N(C2CC2)C3=O)CC1)c1cccc2ccccc12. The minimum absolute atomic E-state index is 0.0633. The minimum Gasteiger partial charge on any atom is -0.371 e. The zero-order valence-electron chi connectivity index (χ0n) is 19.9. The summed E-state index contributed by atoms with van der Waals surface area (Å²) in [4.78, 5) is 42.6. The highest BCUT2D eigenvalue weighted by molar-refractivity contribution is 6.24. The van der Waals surface area contributed by atoms with Crippen molar-refractivity contribution in [3.8, 4) is 0 Å². The van der Waals surface area contributed by atoms with E-state index in [0.717, 1.165) is 29.5 Å². The third kappa shape index (κ3) is 3.77. The van der Waals surface area contributed by atoms with Crippen LogP contribution in [0.1, 0.15) is 64.9 Å². The molecule has 6 nitrogen and oxygen atoms in total. The molecule has 3 aromatic rings. The Morgan fingerprint density at radius 3 is 2.37 bits per heavy atom. The van der Waals surface area contributed by atoms with Crippen LogP contribution >= 0.6 is 0 Å². The van der Waals surface area contributed by atoms with Gasteiger partial charge in [0.15, 0.2) is 0 Å².